The van der Waals surface area contributed by atoms with E-state index in [-0.39, 0.29) is 0 Å². The molecule has 2 aromatic rings. The van der Waals surface area contributed by atoms with Crippen molar-refractivity contribution >= 4 is 11.4 Å². The Morgan fingerprint density at radius 3 is 0.550 bits per heavy atom. The first-order valence-electron chi connectivity index (χ1n) is 51.6. The molecule has 111 heavy (non-hydrogen) atoms. The Bertz CT molecular complexity index is 2340. The Kier molecular flexibility index (Phi) is 78.7. The summed E-state index contributed by atoms with van der Waals surface area (Å²) in [5, 5.41) is 2.85. The van der Waals surface area contributed by atoms with E-state index in [0.29, 0.717) is 0 Å². The van der Waals surface area contributed by atoms with Crippen molar-refractivity contribution < 1.29 is 19.1 Å². The number of aryl methyl sites for hydroxylation is 4. The molecule has 0 unspecified atom stereocenters. The normalized spacial score (nSPS) is 12.5. The molecule has 3 heteroatoms. The van der Waals surface area contributed by atoms with E-state index in [4.69, 9.17) is 0 Å². The van der Waals surface area contributed by atoms with Crippen LogP contribution in [0.1, 0.15) is 590 Å². The second kappa shape index (κ2) is 83.1. The van der Waals surface area contributed by atoms with Crippen LogP contribution in [0, 0.1) is 0 Å². The van der Waals surface area contributed by atoms with Gasteiger partial charge in [0.1, 0.15) is 0 Å². The summed E-state index contributed by atoms with van der Waals surface area (Å²) in [4.78, 5) is 0. The number of rotatable bonds is 86. The minimum atomic E-state index is 1.03. The summed E-state index contributed by atoms with van der Waals surface area (Å²) < 4.78 is 1.73. The number of nitrogens with zero attached hydrogens (tertiary/aromatic N) is 2. The van der Waals surface area contributed by atoms with Crippen LogP contribution in [0.4, 0.5) is 0 Å². The van der Waals surface area contributed by atoms with Crippen molar-refractivity contribution in [1.29, 1.82) is 0 Å². The molecule has 1 aliphatic rings. The molecule has 1 heterocycles. The zero-order valence-electron chi connectivity index (χ0n) is 77.1. The number of unbranched alkanes of at least 4 members (excludes halogenated alkanes) is 68. The second-order valence-electron chi connectivity index (χ2n) is 36.1. The molecule has 0 fully saturated rings. The summed E-state index contributed by atoms with van der Waals surface area (Å²) >= 11 is 2.01. The molecular weight excluding hydrogens is 1380 g/mol. The molecule has 0 bridgehead atoms. The molecule has 0 aromatic heterocycles. The van der Waals surface area contributed by atoms with Crippen LogP contribution in [0.2, 0.25) is 10.8 Å². The Morgan fingerprint density at radius 1 is 0.180 bits per heavy atom. The van der Waals surface area contributed by atoms with Crippen LogP contribution in [0.15, 0.2) is 47.5 Å². The van der Waals surface area contributed by atoms with E-state index in [1.165, 1.54) is 537 Å². The molecule has 0 atom stereocenters. The molecule has 0 saturated carbocycles. The Balaban J connectivity index is 0.00000217. The maximum absolute atomic E-state index is 13.0. The van der Waals surface area contributed by atoms with Gasteiger partial charge < -0.3 is 5.53 Å². The van der Waals surface area contributed by atoms with Crippen molar-refractivity contribution in [3.63, 3.8) is 0 Å². The van der Waals surface area contributed by atoms with Gasteiger partial charge in [-0.1, -0.05) is 426 Å². The summed E-state index contributed by atoms with van der Waals surface area (Å²) in [7, 11) is 0. The summed E-state index contributed by atoms with van der Waals surface area (Å²) in [5.41, 5.74) is 26.4. The van der Waals surface area contributed by atoms with E-state index in [9.17, 15) is 5.53 Å². The van der Waals surface area contributed by atoms with E-state index in [0.717, 1.165) is 56.3 Å². The zero-order valence-corrected chi connectivity index (χ0v) is 78.1. The van der Waals surface area contributed by atoms with Crippen molar-refractivity contribution in [3.8, 4) is 0 Å². The predicted octanol–water partition coefficient (Wildman–Crippen LogP) is 39.5. The molecule has 2 aromatic carbocycles. The van der Waals surface area contributed by atoms with E-state index >= 15 is 0 Å². The summed E-state index contributed by atoms with van der Waals surface area (Å²) in [6.07, 6.45) is 114. The van der Waals surface area contributed by atoms with Crippen molar-refractivity contribution in [2.45, 2.75) is 593 Å². The number of hydrogen-bond acceptors (Lipinski definition) is 0. The molecule has 0 amide bonds. The first-order chi connectivity index (χ1) is 54.9. The van der Waals surface area contributed by atoms with Crippen molar-refractivity contribution in [1.82, 2.24) is 0 Å². The quantitative estimate of drug-likeness (QED) is 0.0358. The fourth-order valence-corrected chi connectivity index (χ4v) is 18.8. The van der Waals surface area contributed by atoms with E-state index in [1.807, 2.05) is 14.4 Å². The van der Waals surface area contributed by atoms with Crippen molar-refractivity contribution in [2.24, 2.45) is 0 Å². The van der Waals surface area contributed by atoms with E-state index in [1.54, 1.807) is 4.70 Å². The van der Waals surface area contributed by atoms with E-state index < -0.39 is 0 Å². The molecule has 1 aliphatic heterocycles. The first-order valence-corrected chi connectivity index (χ1v) is 53.0. The molecule has 650 valence electrons. The third kappa shape index (κ3) is 61.9. The van der Waals surface area contributed by atoms with Gasteiger partial charge in [0.25, 0.3) is 0 Å². The molecular formula is C108H198N2Ni. The molecule has 0 aliphatic carbocycles. The SMILES string of the molecule is CCCCCCCCCCCCCCCCCCCCCCCCCCCCCc1cc(CCCC)cc(C2=C(CCCC)C(CCCCCC)=C(c3cc(CCCC)cc(CCCCCCCCCCCCCCCCCCCCCCCCCCCCC)c3)[N+]2=[N-])c1.CCCCCCC[CH2][Ni][CH2]CCCCCCC. The Morgan fingerprint density at radius 2 is 0.333 bits per heavy atom. The fourth-order valence-electron chi connectivity index (χ4n) is 17.6. The molecule has 0 saturated heterocycles. The van der Waals surface area contributed by atoms with Crippen molar-refractivity contribution in [2.75, 3.05) is 0 Å². The van der Waals surface area contributed by atoms with Gasteiger partial charge in [0.15, 0.2) is 0 Å². The van der Waals surface area contributed by atoms with Gasteiger partial charge in [-0.15, -0.1) is 0 Å². The minimum absolute atomic E-state index is 1.03. The van der Waals surface area contributed by atoms with Crippen LogP contribution in [-0.4, -0.2) is 4.70 Å². The summed E-state index contributed by atoms with van der Waals surface area (Å²) in [6, 6.07) is 15.1. The van der Waals surface area contributed by atoms with Gasteiger partial charge in [-0.2, -0.15) is 0 Å². The van der Waals surface area contributed by atoms with Crippen molar-refractivity contribution in [3.05, 3.63) is 86.5 Å². The average Bonchev–Trinajstić information content (AvgIpc) is 1.60. The zero-order chi connectivity index (χ0) is 79.7. The molecule has 0 radical (unpaired) electrons. The molecule has 0 spiro atoms. The molecule has 3 rings (SSSR count). The summed E-state index contributed by atoms with van der Waals surface area (Å²) in [5.74, 6) is 0. The monoisotopic (exact) mass is 1580 g/mol. The Labute approximate surface area is 705 Å². The van der Waals surface area contributed by atoms with Crippen LogP contribution < -0.4 is 0 Å². The second-order valence-corrected chi connectivity index (χ2v) is 37.5. The van der Waals surface area contributed by atoms with Gasteiger partial charge in [-0.05, 0) is 124 Å². The van der Waals surface area contributed by atoms with Crippen LogP contribution in [0.5, 0.6) is 0 Å². The molecule has 0 N–H and O–H groups in total. The van der Waals surface area contributed by atoms with Gasteiger partial charge in [0.2, 0.25) is 11.4 Å². The third-order valence-corrected chi connectivity index (χ3v) is 26.4. The van der Waals surface area contributed by atoms with Gasteiger partial charge >= 0.3 is 116 Å². The van der Waals surface area contributed by atoms with Crippen LogP contribution in [0.25, 0.3) is 16.9 Å². The number of hydrogen-bond donors (Lipinski definition) is 0. The van der Waals surface area contributed by atoms with Crippen LogP contribution in [-0.2, 0) is 40.1 Å². The third-order valence-electron chi connectivity index (χ3n) is 25.0. The predicted molar refractivity (Wildman–Crippen MR) is 500 cm³/mol. The topological polar surface area (TPSA) is 25.3 Å². The maximum atomic E-state index is 13.0. The Hall–Kier alpha value is -1.99. The van der Waals surface area contributed by atoms with Crippen LogP contribution >= 0.6 is 0 Å². The first kappa shape index (κ1) is 105. The average molecular weight is 1580 g/mol. The standard InChI is InChI=1S/C92H164N2.2C8H17.Ni/c1-7-13-19-22-24-26-28-30-32-34-36-38-40-42-44-46-48-50-52-54-56-58-60-62-64-66-68-73-85-77-83(71-16-10-4)79-87(81-85)91-89(75-18-12-6)90(76-70-21-15-9-3)92(94(91)93)88-80-84(72-17-11-5)78-86(82-88)74-69-67-65-63-61-59-57-55-53-51-49-47-45-43-41-39-37-35-33-31-29-27-25-23-20-14-8-2;2*1-3-5-7-8-6-4-2;/h77-82H,7-76H2,1-6H3;2*1,3-8H2,2H3;. The van der Waals surface area contributed by atoms with Gasteiger partial charge in [-0.25, -0.2) is 4.70 Å². The van der Waals surface area contributed by atoms with Crippen LogP contribution in [0.3, 0.4) is 0 Å². The van der Waals surface area contributed by atoms with Gasteiger partial charge in [0.05, 0.1) is 0 Å². The van der Waals surface area contributed by atoms with E-state index in [2.05, 4.69) is 91.8 Å². The van der Waals surface area contributed by atoms with Gasteiger partial charge in [0, 0.05) is 22.3 Å². The summed E-state index contributed by atoms with van der Waals surface area (Å²) in [6.45, 7) is 18.6. The number of allylic oxidation sites excluding steroid dienone is 2. The molecule has 2 nitrogen and oxygen atoms in total. The number of benzene rings is 2. The van der Waals surface area contributed by atoms with Gasteiger partial charge in [-0.3, -0.25) is 0 Å². The fraction of sp³-hybridized carbons (Fsp3) is 0.852.